The molecule has 0 amide bonds. The lowest BCUT2D eigenvalue weighted by atomic mass is 9.93. The van der Waals surface area contributed by atoms with Crippen molar-refractivity contribution in [2.24, 2.45) is 23.7 Å². The molecule has 0 radical (unpaired) electrons. The number of hydrogen-bond donors (Lipinski definition) is 8. The van der Waals surface area contributed by atoms with Crippen molar-refractivity contribution in [2.45, 2.75) is 101 Å². The lowest BCUT2D eigenvalue weighted by Gasteiger charge is -2.18. The lowest BCUT2D eigenvalue weighted by Crippen LogP contribution is -2.36. The van der Waals surface area contributed by atoms with Crippen molar-refractivity contribution in [3.05, 3.63) is 91.0 Å². The number of aliphatic hydroxyl groups excluding tert-OH is 4. The van der Waals surface area contributed by atoms with E-state index in [1.165, 1.54) is 64.7 Å². The van der Waals surface area contributed by atoms with Crippen LogP contribution in [0.3, 0.4) is 0 Å². The smallest absolute Gasteiger partial charge is 0.351 e. The molecular formula is C44H68N12O16. The minimum absolute atomic E-state index is 0.000506. The number of methoxy groups -OCH3 is 4. The summed E-state index contributed by atoms with van der Waals surface area (Å²) >= 11 is 0. The van der Waals surface area contributed by atoms with Crippen LogP contribution in [0.4, 0.5) is 23.3 Å². The molecule has 0 aromatic carbocycles. The molecule has 0 saturated carbocycles. The zero-order chi connectivity index (χ0) is 53.1. The van der Waals surface area contributed by atoms with Gasteiger partial charge in [0.15, 0.2) is 12.5 Å². The lowest BCUT2D eigenvalue weighted by molar-refractivity contribution is -0.0613. The second kappa shape index (κ2) is 25.8. The first-order chi connectivity index (χ1) is 34.2. The number of ether oxygens (including phenoxy) is 8. The Balaban J connectivity index is 0.000000178. The zero-order valence-corrected chi connectivity index (χ0v) is 41.3. The van der Waals surface area contributed by atoms with Gasteiger partial charge in [0.1, 0.15) is 66.2 Å². The van der Waals surface area contributed by atoms with E-state index in [1.807, 2.05) is 13.8 Å². The van der Waals surface area contributed by atoms with E-state index >= 15 is 0 Å². The summed E-state index contributed by atoms with van der Waals surface area (Å²) in [5.41, 5.74) is 19.6. The van der Waals surface area contributed by atoms with Crippen molar-refractivity contribution in [2.75, 3.05) is 77.8 Å². The Kier molecular flexibility index (Phi) is 20.4. The van der Waals surface area contributed by atoms with Crippen LogP contribution >= 0.6 is 0 Å². The molecule has 4 aromatic rings. The van der Waals surface area contributed by atoms with Crippen LogP contribution in [0.25, 0.3) is 0 Å². The summed E-state index contributed by atoms with van der Waals surface area (Å²) in [4.78, 5) is 61.3. The summed E-state index contributed by atoms with van der Waals surface area (Å²) in [5.74, 6) is 0.794. The van der Waals surface area contributed by atoms with Crippen molar-refractivity contribution in [3.8, 4) is 0 Å². The van der Waals surface area contributed by atoms with Gasteiger partial charge in [0, 0.05) is 71.0 Å². The molecule has 4 aliphatic rings. The van der Waals surface area contributed by atoms with Gasteiger partial charge in [0.05, 0.1) is 44.7 Å². The summed E-state index contributed by atoms with van der Waals surface area (Å²) in [6.45, 7) is 9.12. The van der Waals surface area contributed by atoms with Gasteiger partial charge in [0.2, 0.25) is 0 Å². The predicted octanol–water partition coefficient (Wildman–Crippen LogP) is -2.53. The SMILES string of the molecule is COC[C@H]1O[C@@H](n2ccc(N)nc2=O)[C@H](C)C1C.COC[C@H]1O[C@@H](n2ccc(N)nc2=O)[C@H](C)C1O.COC[C@H]1O[C@@H](n2ccc(N)nc2=O)[C@H](O)C1C.COC[C@H]1O[C@@H](n2ccc(N)nc2=O)[C@H](O)C1O. The molecule has 0 bridgehead atoms. The molecular weight excluding hydrogens is 953 g/mol. The van der Waals surface area contributed by atoms with Gasteiger partial charge in [-0.15, -0.1) is 0 Å². The topological polar surface area (TPSA) is 398 Å². The second-order valence-corrected chi connectivity index (χ2v) is 17.6. The molecule has 400 valence electrons. The Morgan fingerprint density at radius 3 is 1.10 bits per heavy atom. The van der Waals surface area contributed by atoms with Gasteiger partial charge in [-0.1, -0.05) is 27.7 Å². The van der Waals surface area contributed by atoms with E-state index in [-0.39, 0.29) is 78.4 Å². The first-order valence-electron chi connectivity index (χ1n) is 22.9. The van der Waals surface area contributed by atoms with Gasteiger partial charge >= 0.3 is 22.8 Å². The second-order valence-electron chi connectivity index (χ2n) is 17.6. The van der Waals surface area contributed by atoms with Gasteiger partial charge in [-0.05, 0) is 30.2 Å². The fraction of sp³-hybridized carbons (Fsp3) is 0.636. The minimum Gasteiger partial charge on any atom is -0.390 e. The van der Waals surface area contributed by atoms with E-state index in [2.05, 4.69) is 33.8 Å². The molecule has 8 heterocycles. The van der Waals surface area contributed by atoms with Gasteiger partial charge in [-0.25, -0.2) is 19.2 Å². The highest BCUT2D eigenvalue weighted by molar-refractivity contribution is 5.25. The molecule has 0 spiro atoms. The summed E-state index contributed by atoms with van der Waals surface area (Å²) in [6.07, 6.45) is -1.83. The fourth-order valence-electron chi connectivity index (χ4n) is 8.40. The maximum Gasteiger partial charge on any atom is 0.351 e. The molecule has 72 heavy (non-hydrogen) atoms. The van der Waals surface area contributed by atoms with Crippen molar-refractivity contribution in [1.29, 1.82) is 0 Å². The third kappa shape index (κ3) is 13.4. The quantitative estimate of drug-likeness (QED) is 0.0725. The first kappa shape index (κ1) is 57.1. The molecule has 0 aliphatic carbocycles. The molecule has 28 nitrogen and oxygen atoms in total. The van der Waals surface area contributed by atoms with Crippen LogP contribution in [0.15, 0.2) is 68.2 Å². The number of aromatic nitrogens is 8. The van der Waals surface area contributed by atoms with Gasteiger partial charge in [0.25, 0.3) is 0 Å². The van der Waals surface area contributed by atoms with Crippen molar-refractivity contribution < 1.29 is 58.3 Å². The van der Waals surface area contributed by atoms with E-state index in [1.54, 1.807) is 26.5 Å². The van der Waals surface area contributed by atoms with Crippen LogP contribution in [0.5, 0.6) is 0 Å². The van der Waals surface area contributed by atoms with Crippen LogP contribution in [-0.2, 0) is 37.9 Å². The largest absolute Gasteiger partial charge is 0.390 e. The number of aliphatic hydroxyl groups is 4. The summed E-state index contributed by atoms with van der Waals surface area (Å²) in [7, 11) is 6.19. The Morgan fingerprint density at radius 1 is 0.417 bits per heavy atom. The molecule has 4 fully saturated rings. The van der Waals surface area contributed by atoms with E-state index < -0.39 is 72.4 Å². The Bertz CT molecular complexity index is 2250. The highest BCUT2D eigenvalue weighted by Crippen LogP contribution is 2.38. The number of nitrogens with two attached hydrogens (primary N) is 4. The number of nitrogens with zero attached hydrogens (tertiary/aromatic N) is 8. The standard InChI is InChI=1S/C12H19N3O3.2C11H17N3O4.C10H15N3O5/c1-7-8(2)11(18-9(7)6-17-3)15-5-4-10(13)14-12(15)16;1-6-9(15)7(5-17-2)18-10(6)14-4-3-8(12)13-11(14)16;1-6-7(5-17-2)18-10(9(6)15)14-4-3-8(12)13-11(14)16;1-17-4-5-7(14)8(15)9(18-5)13-3-2-6(11)12-10(13)16/h4-5,7-9,11H,6H2,1-3H3,(H2,13,14,16);2*3-4,6-7,9-10,15H,5H2,1-2H3,(H2,12,13,16);2-3,5,7-9,14-15H,4H2,1H3,(H2,11,12,16)/t7?,8-,9-,11-;6-,7-,9?,10-;6?,7-,9-,10-;5-,7?,8-,9-/m1111/s1. The van der Waals surface area contributed by atoms with Gasteiger partial charge < -0.3 is 81.3 Å². The van der Waals surface area contributed by atoms with Crippen molar-refractivity contribution in [3.63, 3.8) is 0 Å². The van der Waals surface area contributed by atoms with Crippen molar-refractivity contribution in [1.82, 2.24) is 38.2 Å². The van der Waals surface area contributed by atoms with Gasteiger partial charge in [-0.2, -0.15) is 19.9 Å². The zero-order valence-electron chi connectivity index (χ0n) is 41.3. The summed E-state index contributed by atoms with van der Waals surface area (Å²) in [6, 6.07) is 6.03. The minimum atomic E-state index is -1.23. The van der Waals surface area contributed by atoms with Crippen LogP contribution in [0.1, 0.15) is 52.6 Å². The fourth-order valence-corrected chi connectivity index (χ4v) is 8.40. The van der Waals surface area contributed by atoms with E-state index in [0.29, 0.717) is 19.1 Å². The maximum absolute atomic E-state index is 11.8. The number of anilines is 4. The Morgan fingerprint density at radius 2 is 0.708 bits per heavy atom. The Hall–Kier alpha value is -5.76. The number of hydrogen-bond acceptors (Lipinski definition) is 24. The van der Waals surface area contributed by atoms with Crippen LogP contribution in [0, 0.1) is 23.7 Å². The third-order valence-corrected chi connectivity index (χ3v) is 12.8. The molecule has 4 saturated heterocycles. The predicted molar refractivity (Wildman–Crippen MR) is 255 cm³/mol. The molecule has 16 atom stereocenters. The molecule has 4 aromatic heterocycles. The normalized spacial score (nSPS) is 31.7. The van der Waals surface area contributed by atoms with Crippen LogP contribution in [-0.4, -0.2) is 162 Å². The van der Waals surface area contributed by atoms with E-state index in [4.69, 9.17) is 60.8 Å². The van der Waals surface area contributed by atoms with Crippen LogP contribution < -0.4 is 45.7 Å². The monoisotopic (exact) mass is 1020 g/mol. The molecule has 4 unspecified atom stereocenters. The molecule has 8 rings (SSSR count). The van der Waals surface area contributed by atoms with Crippen LogP contribution in [0.2, 0.25) is 0 Å². The maximum atomic E-state index is 11.8. The highest BCUT2D eigenvalue weighted by atomic mass is 16.6. The average Bonchev–Trinajstić information content (AvgIpc) is 3.97. The van der Waals surface area contributed by atoms with E-state index in [9.17, 15) is 39.6 Å². The van der Waals surface area contributed by atoms with E-state index in [0.717, 1.165) is 4.57 Å². The Labute approximate surface area is 413 Å². The molecule has 28 heteroatoms. The number of rotatable bonds is 12. The average molecular weight is 1020 g/mol. The number of nitrogen functional groups attached to an aromatic ring is 4. The first-order valence-corrected chi connectivity index (χ1v) is 22.9. The third-order valence-electron chi connectivity index (χ3n) is 12.8. The molecule has 12 N–H and O–H groups in total. The summed E-state index contributed by atoms with van der Waals surface area (Å²) in [5, 5.41) is 39.7. The highest BCUT2D eigenvalue weighted by Gasteiger charge is 2.45. The molecule has 4 aliphatic heterocycles. The summed E-state index contributed by atoms with van der Waals surface area (Å²) < 4.78 is 47.7. The van der Waals surface area contributed by atoms with Gasteiger partial charge in [-0.3, -0.25) is 18.3 Å². The van der Waals surface area contributed by atoms with Crippen molar-refractivity contribution >= 4 is 23.3 Å².